The second-order valence-corrected chi connectivity index (χ2v) is 12.7. The first kappa shape index (κ1) is 18.8. The Morgan fingerprint density at radius 3 is 1.64 bits per heavy atom. The molecule has 0 bridgehead atoms. The van der Waals surface area contributed by atoms with E-state index in [4.69, 9.17) is 4.74 Å². The van der Waals surface area contributed by atoms with Crippen molar-refractivity contribution in [2.75, 3.05) is 7.11 Å². The smallest absolute Gasteiger partial charge is 0.145 e. The fourth-order valence-corrected chi connectivity index (χ4v) is 8.97. The molecule has 0 aliphatic rings. The predicted octanol–water partition coefficient (Wildman–Crippen LogP) is 6.02. The normalized spacial score (nSPS) is 13.2. The number of rotatable bonds is 5. The van der Waals surface area contributed by atoms with Crippen molar-refractivity contribution in [1.82, 2.24) is 0 Å². The predicted molar refractivity (Wildman–Crippen MR) is 100 cm³/mol. The van der Waals surface area contributed by atoms with E-state index in [9.17, 15) is 0 Å². The average Bonchev–Trinajstić information content (AvgIpc) is 2.46. The Morgan fingerprint density at radius 2 is 1.27 bits per heavy atom. The fraction of sp³-hybridized carbons (Fsp3) is 0.600. The van der Waals surface area contributed by atoms with Gasteiger partial charge in [-0.25, -0.2) is 0 Å². The van der Waals surface area contributed by atoms with Crippen LogP contribution in [0.5, 0.6) is 5.75 Å². The van der Waals surface area contributed by atoms with Crippen molar-refractivity contribution in [2.24, 2.45) is 0 Å². The van der Waals surface area contributed by atoms with Crippen molar-refractivity contribution in [3.8, 4) is 17.2 Å². The quantitative estimate of drug-likeness (QED) is 0.477. The largest absolute Gasteiger partial charge is 0.497 e. The molecule has 0 radical (unpaired) electrons. The van der Waals surface area contributed by atoms with Gasteiger partial charge in [-0.1, -0.05) is 53.7 Å². The summed E-state index contributed by atoms with van der Waals surface area (Å²) in [6.07, 6.45) is 0. The minimum atomic E-state index is -1.63. The van der Waals surface area contributed by atoms with Gasteiger partial charge in [-0.3, -0.25) is 0 Å². The van der Waals surface area contributed by atoms with Crippen LogP contribution in [-0.2, 0) is 0 Å². The van der Waals surface area contributed by atoms with E-state index in [2.05, 4.69) is 72.1 Å². The summed E-state index contributed by atoms with van der Waals surface area (Å²) < 4.78 is 5.23. The Kier molecular flexibility index (Phi) is 6.75. The standard InChI is InChI=1S/C20H32OSi/c1-15(2)22(16(3)4,17(5)6)14-13-18(7)19-9-11-20(21-8)12-10-19/h9-12,15-18H,1-8H3. The van der Waals surface area contributed by atoms with Gasteiger partial charge in [0.25, 0.3) is 0 Å². The van der Waals surface area contributed by atoms with E-state index in [1.807, 2.05) is 12.1 Å². The molecule has 0 aromatic heterocycles. The van der Waals surface area contributed by atoms with Gasteiger partial charge in [0.15, 0.2) is 0 Å². The lowest BCUT2D eigenvalue weighted by molar-refractivity contribution is 0.414. The molecule has 1 atom stereocenters. The lowest BCUT2D eigenvalue weighted by Crippen LogP contribution is -2.43. The van der Waals surface area contributed by atoms with Crippen molar-refractivity contribution in [3.63, 3.8) is 0 Å². The molecule has 0 heterocycles. The highest BCUT2D eigenvalue weighted by molar-refractivity contribution is 6.90. The minimum Gasteiger partial charge on any atom is -0.497 e. The van der Waals surface area contributed by atoms with Crippen LogP contribution in [0.15, 0.2) is 24.3 Å². The molecule has 0 aliphatic heterocycles. The molecule has 0 N–H and O–H groups in total. The van der Waals surface area contributed by atoms with E-state index in [0.29, 0.717) is 16.6 Å². The third-order valence-corrected chi connectivity index (χ3v) is 11.3. The van der Waals surface area contributed by atoms with Crippen LogP contribution in [0, 0.1) is 11.5 Å². The molecule has 22 heavy (non-hydrogen) atoms. The van der Waals surface area contributed by atoms with E-state index in [1.54, 1.807) is 7.11 Å². The molecular weight excluding hydrogens is 284 g/mol. The van der Waals surface area contributed by atoms with Crippen LogP contribution in [0.1, 0.15) is 59.9 Å². The second-order valence-electron chi connectivity index (χ2n) is 7.16. The van der Waals surface area contributed by atoms with Crippen molar-refractivity contribution in [1.29, 1.82) is 0 Å². The van der Waals surface area contributed by atoms with Crippen molar-refractivity contribution in [3.05, 3.63) is 29.8 Å². The highest BCUT2D eigenvalue weighted by atomic mass is 28.3. The maximum Gasteiger partial charge on any atom is 0.145 e. The highest BCUT2D eigenvalue weighted by Gasteiger charge is 2.41. The van der Waals surface area contributed by atoms with E-state index < -0.39 is 8.07 Å². The van der Waals surface area contributed by atoms with Gasteiger partial charge in [-0.2, -0.15) is 0 Å². The van der Waals surface area contributed by atoms with Crippen LogP contribution in [0.2, 0.25) is 16.6 Å². The number of methoxy groups -OCH3 is 1. The van der Waals surface area contributed by atoms with E-state index >= 15 is 0 Å². The first-order valence-electron chi connectivity index (χ1n) is 8.42. The highest BCUT2D eigenvalue weighted by Crippen LogP contribution is 2.40. The molecule has 0 saturated carbocycles. The fourth-order valence-electron chi connectivity index (χ4n) is 3.64. The van der Waals surface area contributed by atoms with E-state index in [1.165, 1.54) is 5.56 Å². The Morgan fingerprint density at radius 1 is 0.818 bits per heavy atom. The van der Waals surface area contributed by atoms with Crippen LogP contribution < -0.4 is 4.74 Å². The first-order valence-corrected chi connectivity index (χ1v) is 10.7. The molecule has 0 saturated heterocycles. The van der Waals surface area contributed by atoms with Gasteiger partial charge in [0.2, 0.25) is 0 Å². The van der Waals surface area contributed by atoms with Gasteiger partial charge < -0.3 is 4.74 Å². The number of hydrogen-bond acceptors (Lipinski definition) is 1. The van der Waals surface area contributed by atoms with E-state index in [0.717, 1.165) is 5.75 Å². The molecular formula is C20H32OSi. The number of benzene rings is 1. The van der Waals surface area contributed by atoms with Gasteiger partial charge in [0.1, 0.15) is 13.8 Å². The van der Waals surface area contributed by atoms with Gasteiger partial charge in [-0.05, 0) is 41.2 Å². The Balaban J connectivity index is 3.10. The SMILES string of the molecule is COc1ccc(C(C)C#C[Si](C(C)C)(C(C)C)C(C)C)cc1. The van der Waals surface area contributed by atoms with Gasteiger partial charge in [-0.15, -0.1) is 11.5 Å². The topological polar surface area (TPSA) is 9.23 Å². The van der Waals surface area contributed by atoms with Crippen molar-refractivity contribution in [2.45, 2.75) is 71.0 Å². The monoisotopic (exact) mass is 316 g/mol. The van der Waals surface area contributed by atoms with Gasteiger partial charge in [0.05, 0.1) is 7.11 Å². The zero-order chi connectivity index (χ0) is 16.9. The third kappa shape index (κ3) is 3.96. The maximum absolute atomic E-state index is 5.23. The van der Waals surface area contributed by atoms with Crippen molar-refractivity contribution < 1.29 is 4.74 Å². The molecule has 1 unspecified atom stereocenters. The molecule has 1 rings (SSSR count). The average molecular weight is 317 g/mol. The molecule has 122 valence electrons. The lowest BCUT2D eigenvalue weighted by atomic mass is 10.0. The molecule has 0 aliphatic carbocycles. The molecule has 0 fully saturated rings. The van der Waals surface area contributed by atoms with Crippen molar-refractivity contribution >= 4 is 8.07 Å². The summed E-state index contributed by atoms with van der Waals surface area (Å²) in [6, 6.07) is 8.29. The molecule has 1 aromatic rings. The molecule has 2 heteroatoms. The summed E-state index contributed by atoms with van der Waals surface area (Å²) in [7, 11) is 0.0737. The zero-order valence-corrected chi connectivity index (χ0v) is 16.5. The summed E-state index contributed by atoms with van der Waals surface area (Å²) in [5.74, 6) is 4.77. The minimum absolute atomic E-state index is 0.272. The lowest BCUT2D eigenvalue weighted by Gasteiger charge is -2.38. The van der Waals surface area contributed by atoms with Crippen LogP contribution in [0.25, 0.3) is 0 Å². The molecule has 1 aromatic carbocycles. The number of hydrogen-bond donors (Lipinski definition) is 0. The summed E-state index contributed by atoms with van der Waals surface area (Å²) in [6.45, 7) is 16.4. The van der Waals surface area contributed by atoms with Crippen LogP contribution in [-0.4, -0.2) is 15.2 Å². The second kappa shape index (κ2) is 7.88. The first-order chi connectivity index (χ1) is 10.3. The third-order valence-electron chi connectivity index (χ3n) is 4.99. The van der Waals surface area contributed by atoms with Crippen LogP contribution in [0.4, 0.5) is 0 Å². The zero-order valence-electron chi connectivity index (χ0n) is 15.5. The Bertz CT molecular complexity index is 495. The Hall–Kier alpha value is -1.20. The van der Waals surface area contributed by atoms with Gasteiger partial charge in [0, 0.05) is 5.92 Å². The van der Waals surface area contributed by atoms with Crippen LogP contribution in [0.3, 0.4) is 0 Å². The summed E-state index contributed by atoms with van der Waals surface area (Å²) in [4.78, 5) is 0. The summed E-state index contributed by atoms with van der Waals surface area (Å²) >= 11 is 0. The van der Waals surface area contributed by atoms with Gasteiger partial charge >= 0.3 is 0 Å². The summed E-state index contributed by atoms with van der Waals surface area (Å²) in [5.41, 5.74) is 7.14. The Labute approximate surface area is 138 Å². The summed E-state index contributed by atoms with van der Waals surface area (Å²) in [5, 5.41) is 0. The van der Waals surface area contributed by atoms with Crippen LogP contribution >= 0.6 is 0 Å². The number of ether oxygens (including phenoxy) is 1. The van der Waals surface area contributed by atoms with E-state index in [-0.39, 0.29) is 5.92 Å². The molecule has 0 spiro atoms. The molecule has 1 nitrogen and oxygen atoms in total. The maximum atomic E-state index is 5.23. The molecule has 0 amide bonds.